The maximum absolute atomic E-state index is 5.61. The van der Waals surface area contributed by atoms with Crippen LogP contribution in [-0.4, -0.2) is 44.1 Å². The van der Waals surface area contributed by atoms with Crippen LogP contribution in [0.3, 0.4) is 0 Å². The van der Waals surface area contributed by atoms with E-state index in [2.05, 4.69) is 4.90 Å². The zero-order valence-electron chi connectivity index (χ0n) is 7.30. The second kappa shape index (κ2) is 9.33. The molecule has 0 aromatic rings. The van der Waals surface area contributed by atoms with Gasteiger partial charge in [0.25, 0.3) is 0 Å². The molecule has 12 heavy (non-hydrogen) atoms. The molecule has 0 atom stereocenters. The zero-order valence-corrected chi connectivity index (χ0v) is 8.81. The SMILES string of the molecule is COCCN(C/C=C/Cl)CCCl. The fourth-order valence-corrected chi connectivity index (χ4v) is 1.14. The fraction of sp³-hybridized carbons (Fsp3) is 0.750. The van der Waals surface area contributed by atoms with Crippen LogP contribution in [0.25, 0.3) is 0 Å². The number of nitrogens with zero attached hydrogens (tertiary/aromatic N) is 1. The number of ether oxygens (including phenoxy) is 1. The van der Waals surface area contributed by atoms with Crippen molar-refractivity contribution in [2.75, 3.05) is 39.2 Å². The maximum Gasteiger partial charge on any atom is 0.0589 e. The molecule has 0 saturated heterocycles. The molecule has 0 bridgehead atoms. The lowest BCUT2D eigenvalue weighted by Gasteiger charge is -2.18. The predicted molar refractivity (Wildman–Crippen MR) is 54.0 cm³/mol. The van der Waals surface area contributed by atoms with E-state index in [1.165, 1.54) is 5.54 Å². The van der Waals surface area contributed by atoms with E-state index in [4.69, 9.17) is 27.9 Å². The van der Waals surface area contributed by atoms with Crippen molar-refractivity contribution in [3.05, 3.63) is 11.6 Å². The summed E-state index contributed by atoms with van der Waals surface area (Å²) in [5.41, 5.74) is 1.52. The molecule has 0 aliphatic heterocycles. The largest absolute Gasteiger partial charge is 0.383 e. The Morgan fingerprint density at radius 1 is 1.42 bits per heavy atom. The molecule has 0 rings (SSSR count). The van der Waals surface area contributed by atoms with Gasteiger partial charge in [-0.05, 0) is 0 Å². The Kier molecular flexibility index (Phi) is 9.52. The summed E-state index contributed by atoms with van der Waals surface area (Å²) >= 11 is 11.0. The van der Waals surface area contributed by atoms with Gasteiger partial charge in [0.15, 0.2) is 0 Å². The number of methoxy groups -OCH3 is 1. The lowest BCUT2D eigenvalue weighted by molar-refractivity contribution is 0.157. The summed E-state index contributed by atoms with van der Waals surface area (Å²) in [5, 5.41) is 0. The monoisotopic (exact) mass is 211 g/mol. The van der Waals surface area contributed by atoms with E-state index in [1.54, 1.807) is 7.11 Å². The van der Waals surface area contributed by atoms with Crippen LogP contribution in [0.5, 0.6) is 0 Å². The Hall–Kier alpha value is 0.240. The number of rotatable bonds is 7. The highest BCUT2D eigenvalue weighted by molar-refractivity contribution is 6.25. The first-order valence-corrected chi connectivity index (χ1v) is 4.84. The molecule has 0 aliphatic rings. The summed E-state index contributed by atoms with van der Waals surface area (Å²) < 4.78 is 4.96. The zero-order chi connectivity index (χ0) is 9.23. The van der Waals surface area contributed by atoms with Crippen molar-refractivity contribution in [3.63, 3.8) is 0 Å². The standard InChI is InChI=1S/C8H15Cl2NO/c1-12-8-7-11(6-4-10)5-2-3-9/h2-3H,4-8H2,1H3/b3-2+. The molecule has 0 saturated carbocycles. The average molecular weight is 212 g/mol. The van der Waals surface area contributed by atoms with E-state index in [1.807, 2.05) is 6.08 Å². The molecule has 72 valence electrons. The highest BCUT2D eigenvalue weighted by atomic mass is 35.5. The third-order valence-corrected chi connectivity index (χ3v) is 1.81. The van der Waals surface area contributed by atoms with Gasteiger partial charge in [0.1, 0.15) is 0 Å². The second-order valence-electron chi connectivity index (χ2n) is 2.34. The molecule has 0 spiro atoms. The minimum Gasteiger partial charge on any atom is -0.383 e. The van der Waals surface area contributed by atoms with Gasteiger partial charge in [-0.2, -0.15) is 0 Å². The van der Waals surface area contributed by atoms with E-state index in [9.17, 15) is 0 Å². The first-order chi connectivity index (χ1) is 5.85. The number of alkyl halides is 1. The quantitative estimate of drug-likeness (QED) is 0.598. The Balaban J connectivity index is 3.53. The van der Waals surface area contributed by atoms with E-state index in [-0.39, 0.29) is 0 Å². The van der Waals surface area contributed by atoms with Gasteiger partial charge in [-0.1, -0.05) is 17.7 Å². The molecule has 0 heterocycles. The lowest BCUT2D eigenvalue weighted by atomic mass is 10.4. The normalized spacial score (nSPS) is 11.7. The molecular formula is C8H15Cl2NO. The summed E-state index contributed by atoms with van der Waals surface area (Å²) in [6, 6.07) is 0. The molecule has 0 radical (unpaired) electrons. The van der Waals surface area contributed by atoms with Gasteiger partial charge in [0, 0.05) is 38.2 Å². The number of hydrogen-bond donors (Lipinski definition) is 0. The van der Waals surface area contributed by atoms with E-state index in [0.29, 0.717) is 5.88 Å². The van der Waals surface area contributed by atoms with Gasteiger partial charge in [-0.15, -0.1) is 11.6 Å². The van der Waals surface area contributed by atoms with Gasteiger partial charge in [0.2, 0.25) is 0 Å². The number of hydrogen-bond acceptors (Lipinski definition) is 2. The van der Waals surface area contributed by atoms with Gasteiger partial charge in [-0.3, -0.25) is 4.90 Å². The van der Waals surface area contributed by atoms with Crippen LogP contribution in [-0.2, 0) is 4.74 Å². The minimum absolute atomic E-state index is 0.639. The molecule has 0 aromatic carbocycles. The van der Waals surface area contributed by atoms with Crippen LogP contribution < -0.4 is 0 Å². The van der Waals surface area contributed by atoms with Gasteiger partial charge in [0.05, 0.1) is 6.61 Å². The summed E-state index contributed by atoms with van der Waals surface area (Å²) in [4.78, 5) is 2.18. The molecule has 0 fully saturated rings. The highest BCUT2D eigenvalue weighted by Crippen LogP contribution is 1.92. The van der Waals surface area contributed by atoms with Crippen molar-refractivity contribution in [1.82, 2.24) is 4.90 Å². The Bertz CT molecular complexity index is 120. The smallest absolute Gasteiger partial charge is 0.0589 e. The van der Waals surface area contributed by atoms with Crippen LogP contribution >= 0.6 is 23.2 Å². The molecule has 0 aliphatic carbocycles. The lowest BCUT2D eigenvalue weighted by Crippen LogP contribution is -2.29. The van der Waals surface area contributed by atoms with Crippen molar-refractivity contribution in [1.29, 1.82) is 0 Å². The van der Waals surface area contributed by atoms with Crippen LogP contribution in [0.15, 0.2) is 11.6 Å². The minimum atomic E-state index is 0.639. The Morgan fingerprint density at radius 2 is 2.17 bits per heavy atom. The van der Waals surface area contributed by atoms with Crippen molar-refractivity contribution >= 4 is 23.2 Å². The molecule has 0 aromatic heterocycles. The van der Waals surface area contributed by atoms with E-state index >= 15 is 0 Å². The summed E-state index contributed by atoms with van der Waals surface area (Å²) in [7, 11) is 1.69. The van der Waals surface area contributed by atoms with Gasteiger partial charge in [-0.25, -0.2) is 0 Å². The molecule has 0 unspecified atom stereocenters. The van der Waals surface area contributed by atoms with Crippen LogP contribution in [0, 0.1) is 0 Å². The first kappa shape index (κ1) is 12.2. The summed E-state index contributed by atoms with van der Waals surface area (Å²) in [5.74, 6) is 0.639. The van der Waals surface area contributed by atoms with Gasteiger partial charge < -0.3 is 4.74 Å². The highest BCUT2D eigenvalue weighted by Gasteiger charge is 2.00. The Labute approximate surface area is 84.1 Å². The van der Waals surface area contributed by atoms with E-state index < -0.39 is 0 Å². The van der Waals surface area contributed by atoms with Crippen molar-refractivity contribution in [3.8, 4) is 0 Å². The molecule has 4 heteroatoms. The molecule has 2 nitrogen and oxygen atoms in total. The fourth-order valence-electron chi connectivity index (χ4n) is 0.823. The van der Waals surface area contributed by atoms with E-state index in [0.717, 1.165) is 26.2 Å². The molecule has 0 amide bonds. The third kappa shape index (κ3) is 6.92. The molecular weight excluding hydrogens is 197 g/mol. The third-order valence-electron chi connectivity index (χ3n) is 1.47. The molecule has 0 N–H and O–H groups in total. The predicted octanol–water partition coefficient (Wildman–Crippen LogP) is 1.93. The Morgan fingerprint density at radius 3 is 2.67 bits per heavy atom. The van der Waals surface area contributed by atoms with Gasteiger partial charge >= 0.3 is 0 Å². The second-order valence-corrected chi connectivity index (χ2v) is 2.97. The van der Waals surface area contributed by atoms with Crippen molar-refractivity contribution in [2.24, 2.45) is 0 Å². The van der Waals surface area contributed by atoms with Crippen LogP contribution in [0.1, 0.15) is 0 Å². The summed E-state index contributed by atoms with van der Waals surface area (Å²) in [6.45, 7) is 3.32. The average Bonchev–Trinajstić information content (AvgIpc) is 2.10. The maximum atomic E-state index is 5.61. The summed E-state index contributed by atoms with van der Waals surface area (Å²) in [6.07, 6.45) is 1.89. The van der Waals surface area contributed by atoms with Crippen LogP contribution in [0.2, 0.25) is 0 Å². The van der Waals surface area contributed by atoms with Crippen molar-refractivity contribution in [2.45, 2.75) is 0 Å². The first-order valence-electron chi connectivity index (χ1n) is 3.87. The van der Waals surface area contributed by atoms with Crippen LogP contribution in [0.4, 0.5) is 0 Å². The van der Waals surface area contributed by atoms with Crippen molar-refractivity contribution < 1.29 is 4.74 Å². The topological polar surface area (TPSA) is 12.5 Å². The number of halogens is 2.